The molecule has 2 fully saturated rings. The van der Waals surface area contributed by atoms with Crippen molar-refractivity contribution < 1.29 is 9.53 Å². The molecule has 0 radical (unpaired) electrons. The predicted molar refractivity (Wildman–Crippen MR) is 138 cm³/mol. The Morgan fingerprint density at radius 1 is 0.970 bits per heavy atom. The van der Waals surface area contributed by atoms with E-state index in [9.17, 15) is 4.79 Å². The molecule has 180 valence electrons. The number of carbonyl (C=O) groups is 1. The van der Waals surface area contributed by atoms with Gasteiger partial charge in [0.2, 0.25) is 5.91 Å². The average Bonchev–Trinajstić information content (AvgIpc) is 3.14. The standard InChI is InChI=1S/C25H32N4O2.2ClH/c30-24-23(18-20-9-3-1-4-10-20)27-25(28-24)26-13-8-16-31-22-12-7-11-21(17-22)19-29-14-5-2-6-15-29;;/h1,3-4,7,9-12,17,23H,2,5-6,8,13-16,18-19H2,(H2,26,27,28,30);2*1H. The largest absolute Gasteiger partial charge is 0.494 e. The first-order valence-electron chi connectivity index (χ1n) is 11.4. The third-order valence-corrected chi connectivity index (χ3v) is 5.75. The zero-order valence-corrected chi connectivity index (χ0v) is 20.5. The molecule has 33 heavy (non-hydrogen) atoms. The predicted octanol–water partition coefficient (Wildman–Crippen LogP) is 3.97. The van der Waals surface area contributed by atoms with Crippen LogP contribution in [0.15, 0.2) is 59.6 Å². The van der Waals surface area contributed by atoms with Gasteiger partial charge in [-0.2, -0.15) is 0 Å². The van der Waals surface area contributed by atoms with Crippen LogP contribution < -0.4 is 15.4 Å². The number of aliphatic imine (C=N–C) groups is 1. The fraction of sp³-hybridized carbons (Fsp3) is 0.440. The summed E-state index contributed by atoms with van der Waals surface area (Å²) in [6.45, 7) is 4.60. The van der Waals surface area contributed by atoms with Gasteiger partial charge < -0.3 is 10.1 Å². The number of rotatable bonds is 9. The second kappa shape index (κ2) is 14.1. The number of likely N-dealkylation sites (tertiary alicyclic amines) is 1. The second-order valence-electron chi connectivity index (χ2n) is 8.29. The lowest BCUT2D eigenvalue weighted by atomic mass is 10.1. The molecule has 0 spiro atoms. The Bertz CT molecular complexity index is 889. The van der Waals surface area contributed by atoms with Crippen molar-refractivity contribution in [2.24, 2.45) is 4.99 Å². The van der Waals surface area contributed by atoms with E-state index < -0.39 is 0 Å². The Kier molecular flexibility index (Phi) is 11.5. The van der Waals surface area contributed by atoms with Gasteiger partial charge in [0, 0.05) is 25.9 Å². The van der Waals surface area contributed by atoms with E-state index in [0.717, 1.165) is 24.3 Å². The number of amides is 1. The van der Waals surface area contributed by atoms with Crippen molar-refractivity contribution in [3.05, 3.63) is 65.7 Å². The minimum atomic E-state index is -0.264. The molecule has 0 saturated carbocycles. The van der Waals surface area contributed by atoms with Crippen molar-refractivity contribution in [3.8, 4) is 5.75 Å². The minimum absolute atomic E-state index is 0. The number of nitrogens with zero attached hydrogens (tertiary/aromatic N) is 2. The molecule has 2 aliphatic heterocycles. The highest BCUT2D eigenvalue weighted by Gasteiger charge is 2.27. The lowest BCUT2D eigenvalue weighted by Gasteiger charge is -2.26. The fourth-order valence-electron chi connectivity index (χ4n) is 4.10. The van der Waals surface area contributed by atoms with Gasteiger partial charge in [0.15, 0.2) is 5.96 Å². The van der Waals surface area contributed by atoms with Gasteiger partial charge in [-0.15, -0.1) is 24.8 Å². The molecule has 4 rings (SSSR count). The van der Waals surface area contributed by atoms with Gasteiger partial charge in [-0.3, -0.25) is 20.0 Å². The van der Waals surface area contributed by atoms with Crippen molar-refractivity contribution in [2.75, 3.05) is 26.2 Å². The highest BCUT2D eigenvalue weighted by Crippen LogP contribution is 2.17. The summed E-state index contributed by atoms with van der Waals surface area (Å²) in [4.78, 5) is 19.2. The lowest BCUT2D eigenvalue weighted by Crippen LogP contribution is -2.31. The molecule has 1 unspecified atom stereocenters. The van der Waals surface area contributed by atoms with E-state index in [4.69, 9.17) is 4.74 Å². The monoisotopic (exact) mass is 492 g/mol. The van der Waals surface area contributed by atoms with Crippen LogP contribution in [0, 0.1) is 0 Å². The number of nitrogens with one attached hydrogen (secondary N) is 2. The van der Waals surface area contributed by atoms with E-state index in [1.807, 2.05) is 36.4 Å². The third-order valence-electron chi connectivity index (χ3n) is 5.75. The summed E-state index contributed by atoms with van der Waals surface area (Å²) in [6, 6.07) is 18.2. The molecule has 0 bridgehead atoms. The highest BCUT2D eigenvalue weighted by molar-refractivity contribution is 6.06. The first-order chi connectivity index (χ1) is 15.3. The van der Waals surface area contributed by atoms with Crippen molar-refractivity contribution >= 4 is 36.7 Å². The van der Waals surface area contributed by atoms with Gasteiger partial charge in [0.05, 0.1) is 6.61 Å². The second-order valence-corrected chi connectivity index (χ2v) is 8.29. The van der Waals surface area contributed by atoms with Crippen molar-refractivity contribution in [3.63, 3.8) is 0 Å². The highest BCUT2D eigenvalue weighted by atomic mass is 35.5. The first kappa shape index (κ1) is 27.0. The van der Waals surface area contributed by atoms with Crippen LogP contribution in [0.2, 0.25) is 0 Å². The SMILES string of the molecule is Cl.Cl.O=C1NC(=NCCCOc2cccc(CN3CCCCC3)c2)NC1Cc1ccccc1. The van der Waals surface area contributed by atoms with Crippen LogP contribution in [0.3, 0.4) is 0 Å². The Balaban J connectivity index is 0.00000193. The zero-order valence-electron chi connectivity index (χ0n) is 18.9. The summed E-state index contributed by atoms with van der Waals surface area (Å²) in [7, 11) is 0. The minimum Gasteiger partial charge on any atom is -0.494 e. The summed E-state index contributed by atoms with van der Waals surface area (Å²) < 4.78 is 5.93. The van der Waals surface area contributed by atoms with Gasteiger partial charge in [0.25, 0.3) is 0 Å². The molecular formula is C25H34Cl2N4O2. The van der Waals surface area contributed by atoms with Gasteiger partial charge in [-0.05, 0) is 49.2 Å². The molecule has 1 amide bonds. The molecule has 2 aromatic carbocycles. The lowest BCUT2D eigenvalue weighted by molar-refractivity contribution is -0.120. The quantitative estimate of drug-likeness (QED) is 0.519. The van der Waals surface area contributed by atoms with E-state index in [-0.39, 0.29) is 36.8 Å². The number of hydrogen-bond acceptors (Lipinski definition) is 4. The molecule has 0 aliphatic carbocycles. The molecule has 1 atom stereocenters. The van der Waals surface area contributed by atoms with Crippen LogP contribution >= 0.6 is 24.8 Å². The summed E-state index contributed by atoms with van der Waals surface area (Å²) in [6.07, 6.45) is 5.42. The average molecular weight is 493 g/mol. The van der Waals surface area contributed by atoms with Crippen molar-refractivity contribution in [1.82, 2.24) is 15.5 Å². The maximum atomic E-state index is 12.2. The maximum Gasteiger partial charge on any atom is 0.249 e. The van der Waals surface area contributed by atoms with E-state index in [1.54, 1.807) is 0 Å². The van der Waals surface area contributed by atoms with Gasteiger partial charge in [-0.1, -0.05) is 48.9 Å². The molecular weight excluding hydrogens is 459 g/mol. The zero-order chi connectivity index (χ0) is 21.3. The van der Waals surface area contributed by atoms with Crippen molar-refractivity contribution in [1.29, 1.82) is 0 Å². The van der Waals surface area contributed by atoms with E-state index in [1.165, 1.54) is 37.9 Å². The normalized spacial score (nSPS) is 19.2. The number of ether oxygens (including phenoxy) is 1. The number of guanidine groups is 1. The molecule has 8 heteroatoms. The number of piperidine rings is 1. The molecule has 6 nitrogen and oxygen atoms in total. The van der Waals surface area contributed by atoms with E-state index >= 15 is 0 Å². The van der Waals surface area contributed by atoms with E-state index in [2.05, 4.69) is 38.7 Å². The first-order valence-corrected chi connectivity index (χ1v) is 11.4. The maximum absolute atomic E-state index is 12.2. The number of benzene rings is 2. The summed E-state index contributed by atoms with van der Waals surface area (Å²) in [5.41, 5.74) is 2.44. The van der Waals surface area contributed by atoms with Crippen LogP contribution in [0.4, 0.5) is 0 Å². The molecule has 2 saturated heterocycles. The molecule has 2 aromatic rings. The van der Waals surface area contributed by atoms with Crippen molar-refractivity contribution in [2.45, 2.75) is 44.7 Å². The Morgan fingerprint density at radius 2 is 1.73 bits per heavy atom. The van der Waals surface area contributed by atoms with E-state index in [0.29, 0.717) is 25.5 Å². The summed E-state index contributed by atoms with van der Waals surface area (Å²) in [5, 5.41) is 6.02. The van der Waals surface area contributed by atoms with Gasteiger partial charge in [-0.25, -0.2) is 0 Å². The summed E-state index contributed by atoms with van der Waals surface area (Å²) >= 11 is 0. The van der Waals surface area contributed by atoms with Crippen LogP contribution in [0.25, 0.3) is 0 Å². The van der Waals surface area contributed by atoms with Crippen LogP contribution in [-0.2, 0) is 17.8 Å². The Labute approximate surface area is 209 Å². The fourth-order valence-corrected chi connectivity index (χ4v) is 4.10. The number of halogens is 2. The molecule has 2 heterocycles. The molecule has 2 aliphatic rings. The van der Waals surface area contributed by atoms with Gasteiger partial charge in [0.1, 0.15) is 11.8 Å². The number of carbonyl (C=O) groups excluding carboxylic acids is 1. The number of hydrogen-bond donors (Lipinski definition) is 2. The third kappa shape index (κ3) is 8.54. The van der Waals surface area contributed by atoms with Crippen LogP contribution in [0.1, 0.15) is 36.8 Å². The topological polar surface area (TPSA) is 66.0 Å². The Hall–Kier alpha value is -2.28. The molecule has 2 N–H and O–H groups in total. The Morgan fingerprint density at radius 3 is 2.52 bits per heavy atom. The van der Waals surface area contributed by atoms with Crippen LogP contribution in [-0.4, -0.2) is 49.0 Å². The van der Waals surface area contributed by atoms with Crippen LogP contribution in [0.5, 0.6) is 5.75 Å². The summed E-state index contributed by atoms with van der Waals surface area (Å²) in [5.74, 6) is 1.45. The van der Waals surface area contributed by atoms with Gasteiger partial charge >= 0.3 is 0 Å². The smallest absolute Gasteiger partial charge is 0.249 e. The molecule has 0 aromatic heterocycles.